The van der Waals surface area contributed by atoms with Gasteiger partial charge in [-0.25, -0.2) is 18.1 Å². The van der Waals surface area contributed by atoms with E-state index >= 15 is 0 Å². The molecule has 0 bridgehead atoms. The normalized spacial score (nSPS) is 17.9. The number of hydrogen-bond acceptors (Lipinski definition) is 4. The van der Waals surface area contributed by atoms with Crippen LogP contribution in [0.15, 0.2) is 34.2 Å². The first-order chi connectivity index (χ1) is 12.0. The van der Waals surface area contributed by atoms with Gasteiger partial charge in [-0.1, -0.05) is 12.1 Å². The maximum Gasteiger partial charge on any atom is 0.240 e. The Hall–Kier alpha value is -0.910. The van der Waals surface area contributed by atoms with Crippen molar-refractivity contribution in [3.63, 3.8) is 0 Å². The summed E-state index contributed by atoms with van der Waals surface area (Å²) in [5.74, 6) is 1.39. The second-order valence-electron chi connectivity index (χ2n) is 6.08. The Morgan fingerprint density at radius 3 is 2.85 bits per heavy atom. The summed E-state index contributed by atoms with van der Waals surface area (Å²) in [7, 11) is -0.297. The van der Waals surface area contributed by atoms with Gasteiger partial charge in [0.15, 0.2) is 5.96 Å². The average molecular weight is 496 g/mol. The lowest BCUT2D eigenvalue weighted by Crippen LogP contribution is -2.40. The lowest BCUT2D eigenvalue weighted by atomic mass is 10.1. The minimum Gasteiger partial charge on any atom is -0.384 e. The smallest absolute Gasteiger partial charge is 0.240 e. The summed E-state index contributed by atoms with van der Waals surface area (Å²) >= 11 is 0. The predicted molar refractivity (Wildman–Crippen MR) is 114 cm³/mol. The van der Waals surface area contributed by atoms with Crippen molar-refractivity contribution in [2.24, 2.45) is 10.9 Å². The highest BCUT2D eigenvalue weighted by Crippen LogP contribution is 2.17. The van der Waals surface area contributed by atoms with Gasteiger partial charge in [0.1, 0.15) is 0 Å². The molecule has 1 saturated heterocycles. The summed E-state index contributed by atoms with van der Waals surface area (Å²) in [6.45, 7) is 5.90. The number of guanidine groups is 1. The van der Waals surface area contributed by atoms with Crippen LogP contribution in [0.25, 0.3) is 0 Å². The molecule has 0 amide bonds. The van der Waals surface area contributed by atoms with Crippen molar-refractivity contribution in [2.75, 3.05) is 40.4 Å². The largest absolute Gasteiger partial charge is 0.384 e. The summed E-state index contributed by atoms with van der Waals surface area (Å²) in [6, 6.07) is 6.88. The van der Waals surface area contributed by atoms with Crippen LogP contribution in [-0.4, -0.2) is 59.7 Å². The van der Waals surface area contributed by atoms with Gasteiger partial charge >= 0.3 is 0 Å². The fourth-order valence-electron chi connectivity index (χ4n) is 2.92. The number of sulfonamides is 1. The monoisotopic (exact) mass is 496 g/mol. The van der Waals surface area contributed by atoms with E-state index in [2.05, 4.69) is 19.9 Å². The quantitative estimate of drug-likeness (QED) is 0.341. The van der Waals surface area contributed by atoms with Crippen molar-refractivity contribution < 1.29 is 13.2 Å². The molecule has 1 aromatic rings. The van der Waals surface area contributed by atoms with Crippen LogP contribution in [0.1, 0.15) is 18.9 Å². The molecule has 1 fully saturated rings. The first-order valence-electron chi connectivity index (χ1n) is 8.54. The zero-order valence-electron chi connectivity index (χ0n) is 15.6. The zero-order chi connectivity index (χ0) is 18.3. The minimum atomic E-state index is -3.44. The number of benzene rings is 1. The SMILES string of the molecule is CCNC(=NCc1cccc(S(=O)(=O)NC)c1)N1CCC(COC)C1.I. The first-order valence-corrected chi connectivity index (χ1v) is 10.0. The number of methoxy groups -OCH3 is 1. The molecule has 1 aliphatic rings. The maximum atomic E-state index is 11.9. The topological polar surface area (TPSA) is 83.0 Å². The van der Waals surface area contributed by atoms with Gasteiger partial charge in [-0.2, -0.15) is 0 Å². The molecule has 1 unspecified atom stereocenters. The number of likely N-dealkylation sites (tertiary alicyclic amines) is 1. The van der Waals surface area contributed by atoms with Gasteiger partial charge in [-0.3, -0.25) is 0 Å². The third-order valence-corrected chi connectivity index (χ3v) is 5.62. The molecule has 2 N–H and O–H groups in total. The average Bonchev–Trinajstić information content (AvgIpc) is 3.07. The Kier molecular flexibility index (Phi) is 9.83. The number of halogens is 1. The highest BCUT2D eigenvalue weighted by molar-refractivity contribution is 14.0. The molecular weight excluding hydrogens is 467 g/mol. The van der Waals surface area contributed by atoms with E-state index in [1.807, 2.05) is 13.0 Å². The van der Waals surface area contributed by atoms with Crippen molar-refractivity contribution in [3.8, 4) is 0 Å². The number of ether oxygens (including phenoxy) is 1. The molecule has 1 atom stereocenters. The predicted octanol–water partition coefficient (Wildman–Crippen LogP) is 1.65. The van der Waals surface area contributed by atoms with Crippen LogP contribution in [0.4, 0.5) is 0 Å². The third kappa shape index (κ3) is 6.36. The molecule has 7 nitrogen and oxygen atoms in total. The van der Waals surface area contributed by atoms with E-state index in [0.717, 1.165) is 44.2 Å². The lowest BCUT2D eigenvalue weighted by molar-refractivity contribution is 0.157. The number of hydrogen-bond donors (Lipinski definition) is 2. The van der Waals surface area contributed by atoms with E-state index in [0.29, 0.717) is 12.5 Å². The fourth-order valence-corrected chi connectivity index (χ4v) is 3.72. The van der Waals surface area contributed by atoms with Crippen LogP contribution in [0, 0.1) is 5.92 Å². The Balaban J connectivity index is 0.00000338. The first kappa shape index (κ1) is 23.1. The Morgan fingerprint density at radius 1 is 1.42 bits per heavy atom. The van der Waals surface area contributed by atoms with Crippen LogP contribution in [0.2, 0.25) is 0 Å². The molecule has 0 aliphatic carbocycles. The Labute approximate surface area is 173 Å². The number of aliphatic imine (C=N–C) groups is 1. The number of rotatable bonds is 7. The molecular formula is C17H29IN4O3S. The standard InChI is InChI=1S/C17H28N4O3S.HI/c1-4-19-17(21-9-8-15(12-21)13-24-3)20-11-14-6-5-7-16(10-14)25(22,23)18-2;/h5-7,10,15,18H,4,8-9,11-13H2,1-3H3,(H,19,20);1H. The van der Waals surface area contributed by atoms with Gasteiger partial charge in [0.25, 0.3) is 0 Å². The molecule has 1 heterocycles. The molecule has 9 heteroatoms. The summed E-state index contributed by atoms with van der Waals surface area (Å²) in [6.07, 6.45) is 1.09. The second-order valence-corrected chi connectivity index (χ2v) is 7.97. The summed E-state index contributed by atoms with van der Waals surface area (Å²) in [5, 5.41) is 3.32. The van der Waals surface area contributed by atoms with Gasteiger partial charge < -0.3 is 15.0 Å². The molecule has 0 radical (unpaired) electrons. The van der Waals surface area contributed by atoms with Gasteiger partial charge in [0.2, 0.25) is 10.0 Å². The molecule has 0 aromatic heterocycles. The van der Waals surface area contributed by atoms with E-state index in [-0.39, 0.29) is 28.9 Å². The van der Waals surface area contributed by atoms with Gasteiger partial charge in [-0.05, 0) is 38.1 Å². The van der Waals surface area contributed by atoms with E-state index in [1.165, 1.54) is 7.05 Å². The van der Waals surface area contributed by atoms with Crippen molar-refractivity contribution in [2.45, 2.75) is 24.8 Å². The van der Waals surface area contributed by atoms with Crippen LogP contribution in [0.5, 0.6) is 0 Å². The third-order valence-electron chi connectivity index (χ3n) is 4.21. The van der Waals surface area contributed by atoms with Crippen LogP contribution in [-0.2, 0) is 21.3 Å². The Bertz CT molecular complexity index is 697. The van der Waals surface area contributed by atoms with Crippen molar-refractivity contribution in [3.05, 3.63) is 29.8 Å². The molecule has 1 aromatic carbocycles. The van der Waals surface area contributed by atoms with Crippen LogP contribution >= 0.6 is 24.0 Å². The van der Waals surface area contributed by atoms with E-state index in [1.54, 1.807) is 25.3 Å². The van der Waals surface area contributed by atoms with E-state index in [9.17, 15) is 8.42 Å². The number of nitrogens with one attached hydrogen (secondary N) is 2. The minimum absolute atomic E-state index is 0. The highest BCUT2D eigenvalue weighted by Gasteiger charge is 2.24. The Morgan fingerprint density at radius 2 is 2.19 bits per heavy atom. The van der Waals surface area contributed by atoms with Crippen LogP contribution < -0.4 is 10.0 Å². The molecule has 2 rings (SSSR count). The van der Waals surface area contributed by atoms with Crippen molar-refractivity contribution >= 4 is 40.0 Å². The summed E-state index contributed by atoms with van der Waals surface area (Å²) in [5.41, 5.74) is 0.861. The van der Waals surface area contributed by atoms with Crippen molar-refractivity contribution in [1.29, 1.82) is 0 Å². The second kappa shape index (κ2) is 11.1. The summed E-state index contributed by atoms with van der Waals surface area (Å²) in [4.78, 5) is 7.18. The zero-order valence-corrected chi connectivity index (χ0v) is 18.7. The lowest BCUT2D eigenvalue weighted by Gasteiger charge is -2.21. The summed E-state index contributed by atoms with van der Waals surface area (Å²) < 4.78 is 31.4. The van der Waals surface area contributed by atoms with Crippen LogP contribution in [0.3, 0.4) is 0 Å². The molecule has 0 saturated carbocycles. The maximum absolute atomic E-state index is 11.9. The molecule has 0 spiro atoms. The molecule has 26 heavy (non-hydrogen) atoms. The molecule has 148 valence electrons. The van der Waals surface area contributed by atoms with E-state index < -0.39 is 10.0 Å². The van der Waals surface area contributed by atoms with E-state index in [4.69, 9.17) is 4.74 Å². The number of nitrogens with zero attached hydrogens (tertiary/aromatic N) is 2. The molecule has 1 aliphatic heterocycles. The highest BCUT2D eigenvalue weighted by atomic mass is 127. The fraction of sp³-hybridized carbons (Fsp3) is 0.588. The van der Waals surface area contributed by atoms with Gasteiger partial charge in [-0.15, -0.1) is 24.0 Å². The van der Waals surface area contributed by atoms with Gasteiger partial charge in [0, 0.05) is 32.7 Å². The van der Waals surface area contributed by atoms with Crippen molar-refractivity contribution in [1.82, 2.24) is 14.9 Å². The van der Waals surface area contributed by atoms with Gasteiger partial charge in [0.05, 0.1) is 18.0 Å².